The Labute approximate surface area is 111 Å². The zero-order chi connectivity index (χ0) is 12.3. The van der Waals surface area contributed by atoms with Gasteiger partial charge in [0.05, 0.1) is 6.10 Å². The molecule has 1 fully saturated rings. The summed E-state index contributed by atoms with van der Waals surface area (Å²) in [7, 11) is 1.80. The number of rotatable bonds is 3. The first kappa shape index (κ1) is 12.8. The van der Waals surface area contributed by atoms with Crippen LogP contribution in [0.3, 0.4) is 0 Å². The highest BCUT2D eigenvalue weighted by Crippen LogP contribution is 2.23. The van der Waals surface area contributed by atoms with Crippen molar-refractivity contribution in [3.63, 3.8) is 0 Å². The number of nitrogens with zero attached hydrogens (tertiary/aromatic N) is 2. The number of halogens is 1. The summed E-state index contributed by atoms with van der Waals surface area (Å²) in [6.45, 7) is 4.27. The van der Waals surface area contributed by atoms with Crippen LogP contribution in [-0.2, 0) is 10.1 Å². The van der Waals surface area contributed by atoms with Gasteiger partial charge in [0.2, 0.25) is 0 Å². The maximum atomic E-state index is 5.52. The van der Waals surface area contributed by atoms with E-state index in [2.05, 4.69) is 44.9 Å². The zero-order valence-corrected chi connectivity index (χ0v) is 12.0. The van der Waals surface area contributed by atoms with Crippen molar-refractivity contribution in [2.45, 2.75) is 24.8 Å². The predicted molar refractivity (Wildman–Crippen MR) is 73.7 cm³/mol. The quantitative estimate of drug-likeness (QED) is 0.803. The largest absolute Gasteiger partial charge is 0.379 e. The Morgan fingerprint density at radius 2 is 2.35 bits per heavy atom. The van der Waals surface area contributed by atoms with Crippen LogP contribution in [0.1, 0.15) is 18.9 Å². The number of piperidine rings is 1. The highest BCUT2D eigenvalue weighted by Gasteiger charge is 2.26. The van der Waals surface area contributed by atoms with E-state index >= 15 is 0 Å². The highest BCUT2D eigenvalue weighted by molar-refractivity contribution is 9.08. The van der Waals surface area contributed by atoms with Gasteiger partial charge in [0.1, 0.15) is 5.82 Å². The number of hydrogen-bond acceptors (Lipinski definition) is 3. The van der Waals surface area contributed by atoms with Crippen LogP contribution in [0.2, 0.25) is 0 Å². The van der Waals surface area contributed by atoms with Crippen molar-refractivity contribution in [2.24, 2.45) is 5.92 Å². The van der Waals surface area contributed by atoms with E-state index in [4.69, 9.17) is 4.74 Å². The van der Waals surface area contributed by atoms with Crippen LogP contribution in [0.15, 0.2) is 18.3 Å². The smallest absolute Gasteiger partial charge is 0.128 e. The molecule has 1 aliphatic rings. The summed E-state index contributed by atoms with van der Waals surface area (Å²) >= 11 is 3.43. The van der Waals surface area contributed by atoms with E-state index in [1.807, 2.05) is 6.20 Å². The molecule has 0 spiro atoms. The van der Waals surface area contributed by atoms with Crippen LogP contribution in [0, 0.1) is 5.92 Å². The number of ether oxygens (including phenoxy) is 1. The Morgan fingerprint density at radius 1 is 1.53 bits per heavy atom. The van der Waals surface area contributed by atoms with Crippen molar-refractivity contribution >= 4 is 21.7 Å². The fourth-order valence-corrected chi connectivity index (χ4v) is 2.56. The SMILES string of the molecule is COC1CN(c2ccc(CBr)cn2)CCC1C. The number of pyridine rings is 1. The molecule has 17 heavy (non-hydrogen) atoms. The van der Waals surface area contributed by atoms with Crippen molar-refractivity contribution in [3.05, 3.63) is 23.9 Å². The number of alkyl halides is 1. The van der Waals surface area contributed by atoms with Crippen molar-refractivity contribution in [3.8, 4) is 0 Å². The second-order valence-corrected chi connectivity index (χ2v) is 5.21. The Balaban J connectivity index is 2.06. The molecular formula is C13H19BrN2O. The van der Waals surface area contributed by atoms with E-state index in [9.17, 15) is 0 Å². The number of methoxy groups -OCH3 is 1. The molecule has 0 N–H and O–H groups in total. The lowest BCUT2D eigenvalue weighted by molar-refractivity contribution is 0.0496. The molecule has 0 saturated carbocycles. The second-order valence-electron chi connectivity index (χ2n) is 4.64. The van der Waals surface area contributed by atoms with Crippen molar-refractivity contribution in [2.75, 3.05) is 25.1 Å². The molecule has 0 aliphatic carbocycles. The molecule has 0 radical (unpaired) electrons. The van der Waals surface area contributed by atoms with E-state index < -0.39 is 0 Å². The number of aromatic nitrogens is 1. The van der Waals surface area contributed by atoms with E-state index in [1.165, 1.54) is 12.0 Å². The molecule has 4 heteroatoms. The molecule has 2 atom stereocenters. The van der Waals surface area contributed by atoms with Gasteiger partial charge in [0, 0.05) is 31.7 Å². The third kappa shape index (κ3) is 2.99. The lowest BCUT2D eigenvalue weighted by Crippen LogP contribution is -2.44. The fraction of sp³-hybridized carbons (Fsp3) is 0.615. The maximum absolute atomic E-state index is 5.52. The normalized spacial score (nSPS) is 25.0. The number of hydrogen-bond donors (Lipinski definition) is 0. The van der Waals surface area contributed by atoms with Gasteiger partial charge >= 0.3 is 0 Å². The predicted octanol–water partition coefficient (Wildman–Crippen LogP) is 2.84. The van der Waals surface area contributed by atoms with Gasteiger partial charge in [-0.15, -0.1) is 0 Å². The van der Waals surface area contributed by atoms with E-state index in [0.717, 1.165) is 24.2 Å². The van der Waals surface area contributed by atoms with Crippen LogP contribution < -0.4 is 4.90 Å². The van der Waals surface area contributed by atoms with Gasteiger partial charge in [0.25, 0.3) is 0 Å². The summed E-state index contributed by atoms with van der Waals surface area (Å²) in [5, 5.41) is 0.859. The molecule has 1 aromatic rings. The minimum atomic E-state index is 0.321. The molecule has 1 aromatic heterocycles. The molecule has 3 nitrogen and oxygen atoms in total. The Hall–Kier alpha value is -0.610. The van der Waals surface area contributed by atoms with Gasteiger partial charge in [0.15, 0.2) is 0 Å². The van der Waals surface area contributed by atoms with Crippen LogP contribution in [0.5, 0.6) is 0 Å². The molecule has 94 valence electrons. The third-order valence-electron chi connectivity index (χ3n) is 3.48. The summed E-state index contributed by atoms with van der Waals surface area (Å²) < 4.78 is 5.52. The summed E-state index contributed by atoms with van der Waals surface area (Å²) in [5.41, 5.74) is 1.21. The first-order valence-electron chi connectivity index (χ1n) is 6.03. The van der Waals surface area contributed by atoms with Gasteiger partial charge in [-0.1, -0.05) is 28.9 Å². The van der Waals surface area contributed by atoms with Gasteiger partial charge in [-0.3, -0.25) is 0 Å². The average Bonchev–Trinajstić information content (AvgIpc) is 2.39. The van der Waals surface area contributed by atoms with Gasteiger partial charge < -0.3 is 9.64 Å². The average molecular weight is 299 g/mol. The molecule has 0 aromatic carbocycles. The zero-order valence-electron chi connectivity index (χ0n) is 10.4. The molecule has 2 rings (SSSR count). The molecule has 0 bridgehead atoms. The minimum absolute atomic E-state index is 0.321. The summed E-state index contributed by atoms with van der Waals surface area (Å²) in [6.07, 6.45) is 3.42. The molecule has 1 saturated heterocycles. The van der Waals surface area contributed by atoms with Crippen molar-refractivity contribution in [1.29, 1.82) is 0 Å². The molecule has 2 heterocycles. The van der Waals surface area contributed by atoms with E-state index in [-0.39, 0.29) is 0 Å². The van der Waals surface area contributed by atoms with Crippen LogP contribution >= 0.6 is 15.9 Å². The monoisotopic (exact) mass is 298 g/mol. The van der Waals surface area contributed by atoms with Gasteiger partial charge in [-0.2, -0.15) is 0 Å². The van der Waals surface area contributed by atoms with Crippen molar-refractivity contribution in [1.82, 2.24) is 4.98 Å². The van der Waals surface area contributed by atoms with Crippen LogP contribution in [-0.4, -0.2) is 31.3 Å². The maximum Gasteiger partial charge on any atom is 0.128 e. The van der Waals surface area contributed by atoms with Crippen LogP contribution in [0.4, 0.5) is 5.82 Å². The molecule has 0 amide bonds. The fourth-order valence-electron chi connectivity index (χ4n) is 2.23. The van der Waals surface area contributed by atoms with E-state index in [0.29, 0.717) is 12.0 Å². The van der Waals surface area contributed by atoms with E-state index in [1.54, 1.807) is 7.11 Å². The minimum Gasteiger partial charge on any atom is -0.379 e. The summed E-state index contributed by atoms with van der Waals surface area (Å²) in [4.78, 5) is 6.82. The van der Waals surface area contributed by atoms with Crippen molar-refractivity contribution < 1.29 is 4.74 Å². The topological polar surface area (TPSA) is 25.4 Å². The first-order chi connectivity index (χ1) is 8.24. The number of anilines is 1. The Morgan fingerprint density at radius 3 is 2.94 bits per heavy atom. The first-order valence-corrected chi connectivity index (χ1v) is 7.15. The summed E-state index contributed by atoms with van der Waals surface area (Å²) in [5.74, 6) is 1.70. The lowest BCUT2D eigenvalue weighted by atomic mass is 9.96. The standard InChI is InChI=1S/C13H19BrN2O/c1-10-5-6-16(9-12(10)17-2)13-4-3-11(7-14)8-15-13/h3-4,8,10,12H,5-7,9H2,1-2H3. The Bertz CT molecular complexity index is 355. The molecule has 2 unspecified atom stereocenters. The van der Waals surface area contributed by atoms with Gasteiger partial charge in [-0.05, 0) is 24.0 Å². The molecular weight excluding hydrogens is 280 g/mol. The molecule has 1 aliphatic heterocycles. The third-order valence-corrected chi connectivity index (χ3v) is 4.13. The second kappa shape index (κ2) is 5.83. The van der Waals surface area contributed by atoms with Gasteiger partial charge in [-0.25, -0.2) is 4.98 Å². The van der Waals surface area contributed by atoms with Crippen LogP contribution in [0.25, 0.3) is 0 Å². The highest BCUT2D eigenvalue weighted by atomic mass is 79.9. The Kier molecular flexibility index (Phi) is 4.40. The lowest BCUT2D eigenvalue weighted by Gasteiger charge is -2.36. The summed E-state index contributed by atoms with van der Waals surface area (Å²) in [6, 6.07) is 4.22.